The first kappa shape index (κ1) is 15.0. The molecule has 0 radical (unpaired) electrons. The molecule has 0 aliphatic carbocycles. The van der Waals surface area contributed by atoms with Crippen molar-refractivity contribution in [1.82, 2.24) is 0 Å². The molecule has 18 heavy (non-hydrogen) atoms. The van der Waals surface area contributed by atoms with Gasteiger partial charge in [-0.05, 0) is 24.1 Å². The quantitative estimate of drug-likeness (QED) is 0.677. The lowest BCUT2D eigenvalue weighted by molar-refractivity contribution is -0.116. The summed E-state index contributed by atoms with van der Waals surface area (Å²) in [5.41, 5.74) is 0.746. The third-order valence-corrected chi connectivity index (χ3v) is 3.74. The minimum absolute atomic E-state index is 0.0566. The van der Waals surface area contributed by atoms with Crippen molar-refractivity contribution >= 4 is 16.6 Å². The van der Waals surface area contributed by atoms with Crippen LogP contribution in [0.15, 0.2) is 24.3 Å². The van der Waals surface area contributed by atoms with Crippen molar-refractivity contribution in [2.24, 2.45) is 0 Å². The van der Waals surface area contributed by atoms with Crippen LogP contribution in [0.4, 0.5) is 4.39 Å². The molecule has 1 atom stereocenters. The number of halogens is 1. The van der Waals surface area contributed by atoms with Gasteiger partial charge in [0.2, 0.25) is 0 Å². The van der Waals surface area contributed by atoms with Gasteiger partial charge >= 0.3 is 0 Å². The molecule has 0 amide bonds. The van der Waals surface area contributed by atoms with E-state index >= 15 is 0 Å². The lowest BCUT2D eigenvalue weighted by atomic mass is 10.1. The molecule has 0 aliphatic heterocycles. The molecule has 0 saturated heterocycles. The molecular formula is C13H17FO3S. The molecule has 5 heteroatoms. The van der Waals surface area contributed by atoms with Gasteiger partial charge in [-0.25, -0.2) is 4.39 Å². The van der Waals surface area contributed by atoms with Crippen molar-refractivity contribution in [3.8, 4) is 0 Å². The Morgan fingerprint density at radius 1 is 1.33 bits per heavy atom. The van der Waals surface area contributed by atoms with Crippen LogP contribution >= 0.6 is 0 Å². The van der Waals surface area contributed by atoms with Crippen molar-refractivity contribution in [2.75, 3.05) is 25.2 Å². The van der Waals surface area contributed by atoms with Crippen molar-refractivity contribution < 1.29 is 18.1 Å². The normalized spacial score (nSPS) is 12.3. The molecule has 0 bridgehead atoms. The average Bonchev–Trinajstić information content (AvgIpc) is 2.32. The summed E-state index contributed by atoms with van der Waals surface area (Å²) in [5.74, 6) is 0.121. The van der Waals surface area contributed by atoms with Crippen molar-refractivity contribution in [3.05, 3.63) is 35.6 Å². The Balaban J connectivity index is 2.32. The number of Topliss-reactive ketones (excluding diaryl/α,β-unsaturated/α-hetero) is 1. The maximum absolute atomic E-state index is 12.7. The molecule has 3 nitrogen and oxygen atoms in total. The first-order valence-electron chi connectivity index (χ1n) is 5.72. The fourth-order valence-corrected chi connectivity index (χ4v) is 2.54. The van der Waals surface area contributed by atoms with Crippen molar-refractivity contribution in [3.63, 3.8) is 0 Å². The Bertz CT molecular complexity index is 403. The molecule has 0 aliphatic rings. The molecule has 1 aromatic rings. The topological polar surface area (TPSA) is 43.4 Å². The summed E-state index contributed by atoms with van der Waals surface area (Å²) < 4.78 is 29.1. The predicted octanol–water partition coefficient (Wildman–Crippen LogP) is 1.72. The van der Waals surface area contributed by atoms with Crippen LogP contribution in [0.2, 0.25) is 0 Å². The SMILES string of the molecule is COCCCS(=O)CC(=O)Cc1ccc(F)cc1. The van der Waals surface area contributed by atoms with Gasteiger partial charge in [-0.15, -0.1) is 0 Å². The fraction of sp³-hybridized carbons (Fsp3) is 0.462. The van der Waals surface area contributed by atoms with Crippen LogP contribution in [-0.4, -0.2) is 35.2 Å². The zero-order chi connectivity index (χ0) is 13.4. The highest BCUT2D eigenvalue weighted by Gasteiger charge is 2.09. The van der Waals surface area contributed by atoms with Crippen LogP contribution in [0, 0.1) is 5.82 Å². The second-order valence-electron chi connectivity index (χ2n) is 3.98. The van der Waals surface area contributed by atoms with Gasteiger partial charge in [-0.2, -0.15) is 0 Å². The smallest absolute Gasteiger partial charge is 0.149 e. The number of ketones is 1. The molecule has 1 aromatic carbocycles. The molecule has 0 saturated carbocycles. The van der Waals surface area contributed by atoms with Crippen LogP contribution in [0.5, 0.6) is 0 Å². The molecule has 1 unspecified atom stereocenters. The predicted molar refractivity (Wildman–Crippen MR) is 69.5 cm³/mol. The Kier molecular flexibility index (Phi) is 6.75. The highest BCUT2D eigenvalue weighted by Crippen LogP contribution is 2.04. The van der Waals surface area contributed by atoms with E-state index in [0.29, 0.717) is 18.8 Å². The van der Waals surface area contributed by atoms with Crippen LogP contribution < -0.4 is 0 Å². The lowest BCUT2D eigenvalue weighted by Crippen LogP contribution is -2.15. The Hall–Kier alpha value is -1.07. The van der Waals surface area contributed by atoms with Crippen molar-refractivity contribution in [1.29, 1.82) is 0 Å². The Morgan fingerprint density at radius 2 is 2.00 bits per heavy atom. The Morgan fingerprint density at radius 3 is 2.61 bits per heavy atom. The molecule has 0 N–H and O–H groups in total. The zero-order valence-corrected chi connectivity index (χ0v) is 11.2. The van der Waals surface area contributed by atoms with Gasteiger partial charge in [0.15, 0.2) is 0 Å². The van der Waals surface area contributed by atoms with Crippen LogP contribution in [-0.2, 0) is 26.8 Å². The van der Waals surface area contributed by atoms with Gasteiger partial charge in [0.1, 0.15) is 11.6 Å². The van der Waals surface area contributed by atoms with E-state index in [0.717, 1.165) is 5.56 Å². The van der Waals surface area contributed by atoms with E-state index in [1.165, 1.54) is 12.1 Å². The molecular weight excluding hydrogens is 255 g/mol. The highest BCUT2D eigenvalue weighted by atomic mass is 32.2. The average molecular weight is 272 g/mol. The van der Waals surface area contributed by atoms with Crippen molar-refractivity contribution in [2.45, 2.75) is 12.8 Å². The fourth-order valence-electron chi connectivity index (χ4n) is 1.50. The number of carbonyl (C=O) groups excluding carboxylic acids is 1. The second kappa shape index (κ2) is 8.11. The maximum Gasteiger partial charge on any atom is 0.149 e. The Labute approximate surface area is 109 Å². The van der Waals surface area contributed by atoms with Crippen LogP contribution in [0.25, 0.3) is 0 Å². The van der Waals surface area contributed by atoms with E-state index in [1.54, 1.807) is 19.2 Å². The summed E-state index contributed by atoms with van der Waals surface area (Å²) in [6.07, 6.45) is 0.892. The van der Waals surface area contributed by atoms with Crippen LogP contribution in [0.1, 0.15) is 12.0 Å². The molecule has 1 rings (SSSR count). The van der Waals surface area contributed by atoms with Gasteiger partial charge in [0, 0.05) is 36.7 Å². The number of methoxy groups -OCH3 is 1. The standard InChI is InChI=1S/C13H17FO3S/c1-17-7-2-8-18(16)10-13(15)9-11-3-5-12(14)6-4-11/h3-6H,2,7-10H2,1H3. The van der Waals surface area contributed by atoms with Gasteiger partial charge in [-0.1, -0.05) is 12.1 Å². The molecule has 0 heterocycles. The summed E-state index contributed by atoms with van der Waals surface area (Å²) >= 11 is 0. The summed E-state index contributed by atoms with van der Waals surface area (Å²) in [4.78, 5) is 11.6. The van der Waals surface area contributed by atoms with E-state index in [1.807, 2.05) is 0 Å². The zero-order valence-electron chi connectivity index (χ0n) is 10.4. The number of benzene rings is 1. The van der Waals surface area contributed by atoms with E-state index in [4.69, 9.17) is 4.74 Å². The largest absolute Gasteiger partial charge is 0.385 e. The molecule has 0 aromatic heterocycles. The third kappa shape index (κ3) is 6.02. The van der Waals surface area contributed by atoms with E-state index in [2.05, 4.69) is 0 Å². The number of hydrogen-bond donors (Lipinski definition) is 0. The number of hydrogen-bond acceptors (Lipinski definition) is 3. The summed E-state index contributed by atoms with van der Waals surface area (Å²) in [6.45, 7) is 0.553. The minimum atomic E-state index is -1.13. The molecule has 0 fully saturated rings. The summed E-state index contributed by atoms with van der Waals surface area (Å²) in [5, 5.41) is 0. The van der Waals surface area contributed by atoms with Crippen LogP contribution in [0.3, 0.4) is 0 Å². The summed E-state index contributed by atoms with van der Waals surface area (Å²) in [6, 6.07) is 5.78. The van der Waals surface area contributed by atoms with Gasteiger partial charge < -0.3 is 4.74 Å². The maximum atomic E-state index is 12.7. The van der Waals surface area contributed by atoms with E-state index in [9.17, 15) is 13.4 Å². The van der Waals surface area contributed by atoms with Gasteiger partial charge in [0.05, 0.1) is 5.75 Å². The number of ether oxygens (including phenoxy) is 1. The molecule has 100 valence electrons. The van der Waals surface area contributed by atoms with E-state index in [-0.39, 0.29) is 23.8 Å². The number of carbonyl (C=O) groups is 1. The molecule has 0 spiro atoms. The second-order valence-corrected chi connectivity index (χ2v) is 5.55. The van der Waals surface area contributed by atoms with Gasteiger partial charge in [-0.3, -0.25) is 9.00 Å². The van der Waals surface area contributed by atoms with E-state index < -0.39 is 10.8 Å². The monoisotopic (exact) mass is 272 g/mol. The lowest BCUT2D eigenvalue weighted by Gasteiger charge is -2.02. The van der Waals surface area contributed by atoms with Gasteiger partial charge in [0.25, 0.3) is 0 Å². The summed E-state index contributed by atoms with van der Waals surface area (Å²) in [7, 11) is 0.453. The highest BCUT2D eigenvalue weighted by molar-refractivity contribution is 7.85. The first-order valence-corrected chi connectivity index (χ1v) is 7.20. The number of rotatable bonds is 8. The first-order chi connectivity index (χ1) is 8.61. The third-order valence-electron chi connectivity index (χ3n) is 2.36. The minimum Gasteiger partial charge on any atom is -0.385 e.